The van der Waals surface area contributed by atoms with Crippen LogP contribution in [0.3, 0.4) is 0 Å². The maximum atomic E-state index is 4.72. The van der Waals surface area contributed by atoms with Crippen LogP contribution in [0.2, 0.25) is 0 Å². The SMILES string of the molecule is Brc1ccc(C(Br)Cc2ccc3ccccc3n2)cc1. The molecule has 1 nitrogen and oxygen atoms in total. The molecule has 1 aromatic heterocycles. The number of halogens is 2. The van der Waals surface area contributed by atoms with Crippen molar-refractivity contribution in [1.29, 1.82) is 0 Å². The van der Waals surface area contributed by atoms with E-state index >= 15 is 0 Å². The number of hydrogen-bond donors (Lipinski definition) is 0. The van der Waals surface area contributed by atoms with Crippen LogP contribution in [0.5, 0.6) is 0 Å². The Balaban J connectivity index is 1.83. The number of para-hydroxylation sites is 1. The molecule has 1 atom stereocenters. The van der Waals surface area contributed by atoms with Crippen LogP contribution in [-0.4, -0.2) is 4.98 Å². The van der Waals surface area contributed by atoms with Gasteiger partial charge in [0.2, 0.25) is 0 Å². The van der Waals surface area contributed by atoms with E-state index in [0.29, 0.717) is 0 Å². The molecule has 2 aromatic carbocycles. The van der Waals surface area contributed by atoms with Gasteiger partial charge in [-0.15, -0.1) is 0 Å². The molecule has 0 aliphatic heterocycles. The minimum Gasteiger partial charge on any atom is -0.253 e. The van der Waals surface area contributed by atoms with Gasteiger partial charge in [0.1, 0.15) is 0 Å². The number of benzene rings is 2. The standard InChI is InChI=1S/C17H13Br2N/c18-14-8-5-12(6-9-14)16(19)11-15-10-7-13-3-1-2-4-17(13)20-15/h1-10,16H,11H2. The van der Waals surface area contributed by atoms with Gasteiger partial charge in [0, 0.05) is 26.8 Å². The third-order valence-corrected chi connectivity index (χ3v) is 4.66. The Labute approximate surface area is 135 Å². The summed E-state index contributed by atoms with van der Waals surface area (Å²) in [5, 5.41) is 1.19. The molecule has 1 heterocycles. The molecule has 0 radical (unpaired) electrons. The van der Waals surface area contributed by atoms with E-state index in [-0.39, 0.29) is 4.83 Å². The molecule has 0 fully saturated rings. The second kappa shape index (κ2) is 6.06. The largest absolute Gasteiger partial charge is 0.253 e. The summed E-state index contributed by atoms with van der Waals surface area (Å²) in [6.45, 7) is 0. The number of rotatable bonds is 3. The fourth-order valence-electron chi connectivity index (χ4n) is 2.19. The van der Waals surface area contributed by atoms with Crippen LogP contribution in [0.15, 0.2) is 65.1 Å². The van der Waals surface area contributed by atoms with Crippen molar-refractivity contribution in [2.24, 2.45) is 0 Å². The molecule has 0 amide bonds. The summed E-state index contributed by atoms with van der Waals surface area (Å²) in [6, 6.07) is 20.9. The first-order valence-electron chi connectivity index (χ1n) is 6.46. The Hall–Kier alpha value is -1.19. The topological polar surface area (TPSA) is 12.9 Å². The third-order valence-electron chi connectivity index (χ3n) is 3.28. The zero-order valence-corrected chi connectivity index (χ0v) is 13.9. The van der Waals surface area contributed by atoms with E-state index in [1.807, 2.05) is 12.1 Å². The molecule has 3 rings (SSSR count). The first kappa shape index (κ1) is 13.8. The number of nitrogens with zero attached hydrogens (tertiary/aromatic N) is 1. The van der Waals surface area contributed by atoms with Crippen LogP contribution in [0.25, 0.3) is 10.9 Å². The van der Waals surface area contributed by atoms with E-state index in [2.05, 4.69) is 80.4 Å². The van der Waals surface area contributed by atoms with Crippen LogP contribution in [0, 0.1) is 0 Å². The second-order valence-corrected chi connectivity index (χ2v) is 6.74. The molecule has 0 aliphatic carbocycles. The lowest BCUT2D eigenvalue weighted by Gasteiger charge is -2.10. The van der Waals surface area contributed by atoms with Gasteiger partial charge in [0.15, 0.2) is 0 Å². The highest BCUT2D eigenvalue weighted by Gasteiger charge is 2.09. The lowest BCUT2D eigenvalue weighted by atomic mass is 10.1. The summed E-state index contributed by atoms with van der Waals surface area (Å²) < 4.78 is 1.10. The normalized spacial score (nSPS) is 12.5. The first-order valence-corrected chi connectivity index (χ1v) is 8.17. The molecule has 0 aliphatic rings. The first-order chi connectivity index (χ1) is 9.72. The van der Waals surface area contributed by atoms with Crippen LogP contribution in [0.4, 0.5) is 0 Å². The van der Waals surface area contributed by atoms with Gasteiger partial charge in [-0.05, 0) is 29.8 Å². The van der Waals surface area contributed by atoms with E-state index in [9.17, 15) is 0 Å². The van der Waals surface area contributed by atoms with Crippen LogP contribution in [-0.2, 0) is 6.42 Å². The zero-order valence-electron chi connectivity index (χ0n) is 10.8. The molecule has 100 valence electrons. The summed E-state index contributed by atoms with van der Waals surface area (Å²) in [4.78, 5) is 5.00. The summed E-state index contributed by atoms with van der Waals surface area (Å²) in [7, 11) is 0. The van der Waals surface area contributed by atoms with Crippen LogP contribution >= 0.6 is 31.9 Å². The highest BCUT2D eigenvalue weighted by Crippen LogP contribution is 2.28. The van der Waals surface area contributed by atoms with Gasteiger partial charge in [-0.2, -0.15) is 0 Å². The van der Waals surface area contributed by atoms with Crippen LogP contribution in [0.1, 0.15) is 16.1 Å². The lowest BCUT2D eigenvalue weighted by molar-refractivity contribution is 0.913. The Morgan fingerprint density at radius 2 is 1.65 bits per heavy atom. The molecular formula is C17H13Br2N. The number of alkyl halides is 1. The lowest BCUT2D eigenvalue weighted by Crippen LogP contribution is -1.98. The number of aromatic nitrogens is 1. The van der Waals surface area contributed by atoms with E-state index in [1.54, 1.807) is 0 Å². The predicted octanol–water partition coefficient (Wildman–Crippen LogP) is 5.68. The highest BCUT2D eigenvalue weighted by atomic mass is 79.9. The third kappa shape index (κ3) is 3.10. The molecule has 1 unspecified atom stereocenters. The Morgan fingerprint density at radius 1 is 0.900 bits per heavy atom. The summed E-state index contributed by atoms with van der Waals surface area (Å²) >= 11 is 7.22. The molecule has 3 aromatic rings. The minimum atomic E-state index is 0.282. The number of hydrogen-bond acceptors (Lipinski definition) is 1. The average Bonchev–Trinajstić information content (AvgIpc) is 2.48. The predicted molar refractivity (Wildman–Crippen MR) is 91.3 cm³/mol. The molecule has 0 spiro atoms. The van der Waals surface area contributed by atoms with Crippen LogP contribution < -0.4 is 0 Å². The molecule has 3 heteroatoms. The maximum Gasteiger partial charge on any atom is 0.0705 e. The Bertz CT molecular complexity index is 722. The van der Waals surface area contributed by atoms with E-state index in [1.165, 1.54) is 10.9 Å². The van der Waals surface area contributed by atoms with Gasteiger partial charge in [0.25, 0.3) is 0 Å². The zero-order chi connectivity index (χ0) is 13.9. The van der Waals surface area contributed by atoms with Crippen molar-refractivity contribution in [2.45, 2.75) is 11.2 Å². The van der Waals surface area contributed by atoms with Crippen molar-refractivity contribution in [1.82, 2.24) is 4.98 Å². The minimum absolute atomic E-state index is 0.282. The Morgan fingerprint density at radius 3 is 2.45 bits per heavy atom. The summed E-state index contributed by atoms with van der Waals surface area (Å²) in [5.74, 6) is 0. The molecule has 0 bridgehead atoms. The molecule has 20 heavy (non-hydrogen) atoms. The fourth-order valence-corrected chi connectivity index (χ4v) is 3.10. The van der Waals surface area contributed by atoms with Gasteiger partial charge in [-0.25, -0.2) is 0 Å². The average molecular weight is 391 g/mol. The van der Waals surface area contributed by atoms with Crippen molar-refractivity contribution in [3.8, 4) is 0 Å². The summed E-state index contributed by atoms with van der Waals surface area (Å²) in [5.41, 5.74) is 3.43. The summed E-state index contributed by atoms with van der Waals surface area (Å²) in [6.07, 6.45) is 0.881. The molecule has 0 N–H and O–H groups in total. The van der Waals surface area contributed by atoms with Gasteiger partial charge in [0.05, 0.1) is 5.52 Å². The van der Waals surface area contributed by atoms with Crippen molar-refractivity contribution in [2.75, 3.05) is 0 Å². The quantitative estimate of drug-likeness (QED) is 0.524. The van der Waals surface area contributed by atoms with Crippen molar-refractivity contribution in [3.63, 3.8) is 0 Å². The van der Waals surface area contributed by atoms with Gasteiger partial charge in [-0.3, -0.25) is 4.98 Å². The fraction of sp³-hybridized carbons (Fsp3) is 0.118. The maximum absolute atomic E-state index is 4.72. The van der Waals surface area contributed by atoms with E-state index in [0.717, 1.165) is 22.1 Å². The molecule has 0 saturated carbocycles. The van der Waals surface area contributed by atoms with Crippen molar-refractivity contribution in [3.05, 3.63) is 76.4 Å². The smallest absolute Gasteiger partial charge is 0.0705 e. The van der Waals surface area contributed by atoms with E-state index in [4.69, 9.17) is 4.98 Å². The van der Waals surface area contributed by atoms with E-state index < -0.39 is 0 Å². The molecule has 0 saturated heterocycles. The molecular weight excluding hydrogens is 378 g/mol. The number of pyridine rings is 1. The highest BCUT2D eigenvalue weighted by molar-refractivity contribution is 9.10. The van der Waals surface area contributed by atoms with Gasteiger partial charge in [-0.1, -0.05) is 68.3 Å². The van der Waals surface area contributed by atoms with Gasteiger partial charge >= 0.3 is 0 Å². The second-order valence-electron chi connectivity index (χ2n) is 4.72. The van der Waals surface area contributed by atoms with Crippen molar-refractivity contribution < 1.29 is 0 Å². The van der Waals surface area contributed by atoms with Gasteiger partial charge < -0.3 is 0 Å². The number of fused-ring (bicyclic) bond motifs is 1. The Kier molecular flexibility index (Phi) is 4.18. The monoisotopic (exact) mass is 389 g/mol. The van der Waals surface area contributed by atoms with Crippen molar-refractivity contribution >= 4 is 42.8 Å².